The number of imide groups is 1. The Labute approximate surface area is 179 Å². The largest absolute Gasteiger partial charge is 0.497 e. The van der Waals surface area contributed by atoms with E-state index in [2.05, 4.69) is 0 Å². The predicted octanol–water partition coefficient (Wildman–Crippen LogP) is 3.57. The Morgan fingerprint density at radius 1 is 1.10 bits per heavy atom. The first-order valence-electron chi connectivity index (χ1n) is 9.89. The maximum atomic E-state index is 13.3. The monoisotopic (exact) mass is 418 g/mol. The van der Waals surface area contributed by atoms with E-state index >= 15 is 0 Å². The summed E-state index contributed by atoms with van der Waals surface area (Å²) < 4.78 is 10.4. The molecule has 1 aliphatic heterocycles. The van der Waals surface area contributed by atoms with E-state index in [9.17, 15) is 14.4 Å². The average Bonchev–Trinajstić information content (AvgIpc) is 3.41. The van der Waals surface area contributed by atoms with Crippen molar-refractivity contribution in [3.05, 3.63) is 83.8 Å². The summed E-state index contributed by atoms with van der Waals surface area (Å²) in [6.07, 6.45) is 1.31. The van der Waals surface area contributed by atoms with Gasteiger partial charge in [0.25, 0.3) is 11.8 Å². The first kappa shape index (κ1) is 20.4. The van der Waals surface area contributed by atoms with Crippen LogP contribution in [0.2, 0.25) is 0 Å². The van der Waals surface area contributed by atoms with Crippen molar-refractivity contribution in [2.24, 2.45) is 0 Å². The van der Waals surface area contributed by atoms with Crippen LogP contribution in [-0.2, 0) is 16.1 Å². The lowest BCUT2D eigenvalue weighted by Gasteiger charge is -2.27. The molecule has 2 aromatic carbocycles. The second-order valence-corrected chi connectivity index (χ2v) is 7.38. The summed E-state index contributed by atoms with van der Waals surface area (Å²) in [7, 11) is 1.54. The first-order valence-corrected chi connectivity index (χ1v) is 9.89. The highest BCUT2D eigenvalue weighted by Crippen LogP contribution is 2.29. The molecular formula is C24H22N2O5. The van der Waals surface area contributed by atoms with Gasteiger partial charge in [-0.05, 0) is 48.9 Å². The highest BCUT2D eigenvalue weighted by atomic mass is 16.5. The summed E-state index contributed by atoms with van der Waals surface area (Å²) in [6.45, 7) is 2.15. The van der Waals surface area contributed by atoms with E-state index in [0.29, 0.717) is 11.4 Å². The normalized spacial score (nSPS) is 15.9. The Morgan fingerprint density at radius 2 is 1.81 bits per heavy atom. The molecule has 1 saturated heterocycles. The topological polar surface area (TPSA) is 80.1 Å². The lowest BCUT2D eigenvalue weighted by molar-refractivity contribution is -0.122. The zero-order chi connectivity index (χ0) is 22.0. The number of nitrogens with zero attached hydrogens (tertiary/aromatic N) is 2. The van der Waals surface area contributed by atoms with Crippen LogP contribution < -0.4 is 9.64 Å². The molecule has 2 heterocycles. The van der Waals surface area contributed by atoms with Crippen molar-refractivity contribution in [1.29, 1.82) is 0 Å². The van der Waals surface area contributed by atoms with Gasteiger partial charge in [-0.1, -0.05) is 29.8 Å². The molecule has 0 spiro atoms. The molecule has 1 aliphatic rings. The van der Waals surface area contributed by atoms with E-state index in [1.165, 1.54) is 11.2 Å². The molecule has 31 heavy (non-hydrogen) atoms. The smallest absolute Gasteiger partial charge is 0.290 e. The molecule has 0 bridgehead atoms. The van der Waals surface area contributed by atoms with E-state index in [1.54, 1.807) is 43.5 Å². The molecule has 1 atom stereocenters. The second kappa shape index (κ2) is 8.47. The van der Waals surface area contributed by atoms with E-state index in [4.69, 9.17) is 9.15 Å². The number of carbonyl (C=O) groups excluding carboxylic acids is 3. The molecule has 0 N–H and O–H groups in total. The number of methoxy groups -OCH3 is 1. The van der Waals surface area contributed by atoms with Crippen LogP contribution in [0, 0.1) is 6.92 Å². The summed E-state index contributed by atoms with van der Waals surface area (Å²) in [5.41, 5.74) is 2.39. The fraction of sp³-hybridized carbons (Fsp3) is 0.208. The third-order valence-corrected chi connectivity index (χ3v) is 5.30. The van der Waals surface area contributed by atoms with Crippen LogP contribution >= 0.6 is 0 Å². The molecule has 7 nitrogen and oxygen atoms in total. The molecule has 0 aliphatic carbocycles. The first-order chi connectivity index (χ1) is 15.0. The summed E-state index contributed by atoms with van der Waals surface area (Å²) >= 11 is 0. The van der Waals surface area contributed by atoms with Gasteiger partial charge in [-0.3, -0.25) is 14.4 Å². The number of anilines is 1. The van der Waals surface area contributed by atoms with E-state index in [-0.39, 0.29) is 24.6 Å². The van der Waals surface area contributed by atoms with Gasteiger partial charge in [-0.2, -0.15) is 0 Å². The number of amides is 3. The van der Waals surface area contributed by atoms with Crippen molar-refractivity contribution in [1.82, 2.24) is 4.90 Å². The lowest BCUT2D eigenvalue weighted by Crippen LogP contribution is -2.45. The standard InChI is InChI=1S/C24H22N2O5/c1-16-5-7-17(8-6-16)15-25(24(29)21-4-3-13-31-21)20-14-22(27)26(23(20)28)18-9-11-19(30-2)12-10-18/h3-13,20H,14-15H2,1-2H3. The quantitative estimate of drug-likeness (QED) is 0.572. The Hall–Kier alpha value is -3.87. The van der Waals surface area contributed by atoms with Gasteiger partial charge < -0.3 is 14.1 Å². The van der Waals surface area contributed by atoms with Crippen LogP contribution in [0.4, 0.5) is 5.69 Å². The minimum Gasteiger partial charge on any atom is -0.497 e. The SMILES string of the molecule is COc1ccc(N2C(=O)CC(N(Cc3ccc(C)cc3)C(=O)c3ccco3)C2=O)cc1. The van der Waals surface area contributed by atoms with Gasteiger partial charge in [0.15, 0.2) is 5.76 Å². The molecule has 4 rings (SSSR count). The average molecular weight is 418 g/mol. The van der Waals surface area contributed by atoms with Crippen molar-refractivity contribution in [3.63, 3.8) is 0 Å². The Balaban J connectivity index is 1.65. The summed E-state index contributed by atoms with van der Waals surface area (Å²) in [4.78, 5) is 41.8. The summed E-state index contributed by atoms with van der Waals surface area (Å²) in [6, 6.07) is 16.6. The molecule has 1 fully saturated rings. The van der Waals surface area contributed by atoms with Crippen LogP contribution in [0.1, 0.15) is 28.1 Å². The van der Waals surface area contributed by atoms with E-state index in [0.717, 1.165) is 16.0 Å². The van der Waals surface area contributed by atoms with Gasteiger partial charge in [0.05, 0.1) is 25.5 Å². The predicted molar refractivity (Wildman–Crippen MR) is 114 cm³/mol. The number of hydrogen-bond acceptors (Lipinski definition) is 5. The Bertz CT molecular complexity index is 1090. The highest BCUT2D eigenvalue weighted by molar-refractivity contribution is 6.23. The maximum absolute atomic E-state index is 13.3. The van der Waals surface area contributed by atoms with Gasteiger partial charge in [0.1, 0.15) is 11.8 Å². The molecule has 1 unspecified atom stereocenters. The molecule has 7 heteroatoms. The number of rotatable bonds is 6. The Morgan fingerprint density at radius 3 is 2.42 bits per heavy atom. The van der Waals surface area contributed by atoms with Gasteiger partial charge in [0, 0.05) is 6.54 Å². The van der Waals surface area contributed by atoms with Crippen LogP contribution in [0.5, 0.6) is 5.75 Å². The van der Waals surface area contributed by atoms with Crippen molar-refractivity contribution in [2.45, 2.75) is 25.9 Å². The molecule has 1 aromatic heterocycles. The third-order valence-electron chi connectivity index (χ3n) is 5.30. The van der Waals surface area contributed by atoms with Crippen molar-refractivity contribution in [2.75, 3.05) is 12.0 Å². The molecule has 158 valence electrons. The number of furan rings is 1. The van der Waals surface area contributed by atoms with Gasteiger partial charge in [-0.25, -0.2) is 4.90 Å². The van der Waals surface area contributed by atoms with Crippen molar-refractivity contribution < 1.29 is 23.5 Å². The fourth-order valence-electron chi connectivity index (χ4n) is 3.62. The zero-order valence-electron chi connectivity index (χ0n) is 17.3. The minimum absolute atomic E-state index is 0.0941. The van der Waals surface area contributed by atoms with Crippen molar-refractivity contribution in [3.8, 4) is 5.75 Å². The van der Waals surface area contributed by atoms with Crippen LogP contribution in [0.25, 0.3) is 0 Å². The molecule has 3 aromatic rings. The fourth-order valence-corrected chi connectivity index (χ4v) is 3.62. The summed E-state index contributed by atoms with van der Waals surface area (Å²) in [5.74, 6) is -0.500. The number of carbonyl (C=O) groups is 3. The van der Waals surface area contributed by atoms with Crippen LogP contribution in [0.15, 0.2) is 71.3 Å². The maximum Gasteiger partial charge on any atom is 0.290 e. The summed E-state index contributed by atoms with van der Waals surface area (Å²) in [5, 5.41) is 0. The number of benzene rings is 2. The molecule has 0 saturated carbocycles. The minimum atomic E-state index is -0.923. The number of aryl methyl sites for hydroxylation is 1. The zero-order valence-corrected chi connectivity index (χ0v) is 17.3. The van der Waals surface area contributed by atoms with E-state index < -0.39 is 17.9 Å². The van der Waals surface area contributed by atoms with Gasteiger partial charge in [-0.15, -0.1) is 0 Å². The van der Waals surface area contributed by atoms with Gasteiger partial charge >= 0.3 is 0 Å². The molecule has 0 radical (unpaired) electrons. The Kier molecular flexibility index (Phi) is 5.58. The van der Waals surface area contributed by atoms with Crippen LogP contribution in [0.3, 0.4) is 0 Å². The van der Waals surface area contributed by atoms with Gasteiger partial charge in [0.2, 0.25) is 5.91 Å². The lowest BCUT2D eigenvalue weighted by atomic mass is 10.1. The third kappa shape index (κ3) is 4.07. The highest BCUT2D eigenvalue weighted by Gasteiger charge is 2.45. The number of hydrogen-bond donors (Lipinski definition) is 0. The van der Waals surface area contributed by atoms with Crippen molar-refractivity contribution >= 4 is 23.4 Å². The molecule has 3 amide bonds. The van der Waals surface area contributed by atoms with E-state index in [1.807, 2.05) is 31.2 Å². The van der Waals surface area contributed by atoms with Crippen LogP contribution in [-0.4, -0.2) is 35.8 Å². The molecular weight excluding hydrogens is 396 g/mol. The number of ether oxygens (including phenoxy) is 1. The second-order valence-electron chi connectivity index (χ2n) is 7.38.